The van der Waals surface area contributed by atoms with Gasteiger partial charge < -0.3 is 15.3 Å². The fourth-order valence-electron chi connectivity index (χ4n) is 2.22. The Morgan fingerprint density at radius 1 is 1.39 bits per heavy atom. The van der Waals surface area contributed by atoms with E-state index in [1.807, 2.05) is 24.3 Å². The Balaban J connectivity index is 2.22. The van der Waals surface area contributed by atoms with E-state index < -0.39 is 5.97 Å². The molecule has 1 heterocycles. The van der Waals surface area contributed by atoms with Gasteiger partial charge in [0.2, 0.25) is 0 Å². The van der Waals surface area contributed by atoms with E-state index in [9.17, 15) is 9.90 Å². The molecule has 0 radical (unpaired) electrons. The van der Waals surface area contributed by atoms with Gasteiger partial charge in [-0.15, -0.1) is 0 Å². The normalized spacial score (nSPS) is 24.7. The summed E-state index contributed by atoms with van der Waals surface area (Å²) in [6, 6.07) is 8.29. The first-order valence-electron chi connectivity index (χ1n) is 6.03. The number of hydrogen-bond donors (Lipinski definition) is 2. The van der Waals surface area contributed by atoms with Crippen LogP contribution in [0.5, 0.6) is 0 Å². The Hall–Kier alpha value is -1.07. The number of anilines is 1. The minimum absolute atomic E-state index is 0.288. The first-order chi connectivity index (χ1) is 8.58. The summed E-state index contributed by atoms with van der Waals surface area (Å²) in [5, 5.41) is 12.4. The fraction of sp³-hybridized carbons (Fsp3) is 0.462. The van der Waals surface area contributed by atoms with Crippen LogP contribution in [0.15, 0.2) is 28.7 Å². The number of halogens is 1. The van der Waals surface area contributed by atoms with Crippen molar-refractivity contribution in [3.05, 3.63) is 28.7 Å². The zero-order valence-electron chi connectivity index (χ0n) is 10.3. The second-order valence-corrected chi connectivity index (χ2v) is 5.59. The largest absolute Gasteiger partial charge is 0.481 e. The Labute approximate surface area is 115 Å². The minimum atomic E-state index is -0.737. The molecule has 0 aromatic heterocycles. The highest BCUT2D eigenvalue weighted by atomic mass is 79.9. The number of nitrogens with zero attached hydrogens (tertiary/aromatic N) is 1. The van der Waals surface area contributed by atoms with Crippen molar-refractivity contribution in [3.8, 4) is 0 Å². The zero-order chi connectivity index (χ0) is 13.1. The number of aliphatic carboxylic acids is 1. The van der Waals surface area contributed by atoms with Gasteiger partial charge in [-0.05, 0) is 31.2 Å². The lowest BCUT2D eigenvalue weighted by atomic mass is 10.1. The van der Waals surface area contributed by atoms with Gasteiger partial charge in [0.1, 0.15) is 0 Å². The number of nitrogens with one attached hydrogen (secondary N) is 1. The molecule has 0 spiro atoms. The standard InChI is InChI=1S/C13H17BrN2O2/c1-9-6-15-7-10(13(17)18)8-16(9)12-4-2-11(14)3-5-12/h2-5,9-10,15H,6-8H2,1H3,(H,17,18). The predicted octanol–water partition coefficient (Wildman–Crippen LogP) is 1.95. The Morgan fingerprint density at radius 2 is 2.06 bits per heavy atom. The van der Waals surface area contributed by atoms with Crippen LogP contribution in [-0.2, 0) is 4.79 Å². The van der Waals surface area contributed by atoms with Gasteiger partial charge in [-0.3, -0.25) is 4.79 Å². The molecule has 1 saturated heterocycles. The second kappa shape index (κ2) is 5.71. The molecule has 2 N–H and O–H groups in total. The van der Waals surface area contributed by atoms with Crippen molar-refractivity contribution in [1.29, 1.82) is 0 Å². The van der Waals surface area contributed by atoms with Gasteiger partial charge in [-0.1, -0.05) is 15.9 Å². The summed E-state index contributed by atoms with van der Waals surface area (Å²) in [6.45, 7) is 4.00. The third-order valence-electron chi connectivity index (χ3n) is 3.29. The van der Waals surface area contributed by atoms with E-state index >= 15 is 0 Å². The zero-order valence-corrected chi connectivity index (χ0v) is 11.9. The quantitative estimate of drug-likeness (QED) is 0.876. The molecule has 5 heteroatoms. The van der Waals surface area contributed by atoms with Crippen molar-refractivity contribution < 1.29 is 9.90 Å². The molecule has 2 rings (SSSR count). The molecular formula is C13H17BrN2O2. The first-order valence-corrected chi connectivity index (χ1v) is 6.83. The second-order valence-electron chi connectivity index (χ2n) is 4.67. The predicted molar refractivity (Wildman–Crippen MR) is 74.9 cm³/mol. The minimum Gasteiger partial charge on any atom is -0.481 e. The molecule has 4 nitrogen and oxygen atoms in total. The Morgan fingerprint density at radius 3 is 2.67 bits per heavy atom. The molecule has 0 aliphatic carbocycles. The molecule has 1 aliphatic heterocycles. The highest BCUT2D eigenvalue weighted by Crippen LogP contribution is 2.22. The van der Waals surface area contributed by atoms with Crippen LogP contribution >= 0.6 is 15.9 Å². The van der Waals surface area contributed by atoms with Crippen molar-refractivity contribution in [3.63, 3.8) is 0 Å². The molecule has 2 atom stereocenters. The molecule has 1 aromatic carbocycles. The molecule has 2 unspecified atom stereocenters. The van der Waals surface area contributed by atoms with E-state index in [1.165, 1.54) is 0 Å². The lowest BCUT2D eigenvalue weighted by Crippen LogP contribution is -2.39. The van der Waals surface area contributed by atoms with Crippen molar-refractivity contribution in [2.75, 3.05) is 24.5 Å². The number of carboxylic acid groups (broad SMARTS) is 1. The number of carboxylic acids is 1. The Bertz CT molecular complexity index is 422. The highest BCUT2D eigenvalue weighted by Gasteiger charge is 2.27. The summed E-state index contributed by atoms with van der Waals surface area (Å²) < 4.78 is 1.03. The van der Waals surface area contributed by atoms with Gasteiger partial charge >= 0.3 is 5.97 Å². The van der Waals surface area contributed by atoms with Crippen molar-refractivity contribution >= 4 is 27.6 Å². The highest BCUT2D eigenvalue weighted by molar-refractivity contribution is 9.10. The number of benzene rings is 1. The van der Waals surface area contributed by atoms with E-state index in [-0.39, 0.29) is 12.0 Å². The van der Waals surface area contributed by atoms with Gasteiger partial charge in [0.25, 0.3) is 0 Å². The van der Waals surface area contributed by atoms with Crippen LogP contribution in [-0.4, -0.2) is 36.8 Å². The average molecular weight is 313 g/mol. The third-order valence-corrected chi connectivity index (χ3v) is 3.82. The molecule has 18 heavy (non-hydrogen) atoms. The molecule has 0 saturated carbocycles. The molecule has 1 aliphatic rings. The van der Waals surface area contributed by atoms with Crippen LogP contribution in [0.4, 0.5) is 5.69 Å². The molecule has 98 valence electrons. The molecular weight excluding hydrogens is 296 g/mol. The topological polar surface area (TPSA) is 52.6 Å². The summed E-state index contributed by atoms with van der Waals surface area (Å²) in [5.74, 6) is -1.10. The van der Waals surface area contributed by atoms with Gasteiger partial charge in [0.15, 0.2) is 0 Å². The van der Waals surface area contributed by atoms with E-state index in [1.54, 1.807) is 0 Å². The molecule has 1 aromatic rings. The molecule has 1 fully saturated rings. The van der Waals surface area contributed by atoms with E-state index in [4.69, 9.17) is 0 Å². The SMILES string of the molecule is CC1CNCC(C(=O)O)CN1c1ccc(Br)cc1. The van der Waals surface area contributed by atoms with Crippen molar-refractivity contribution in [2.24, 2.45) is 5.92 Å². The van der Waals surface area contributed by atoms with Crippen molar-refractivity contribution in [1.82, 2.24) is 5.32 Å². The van der Waals surface area contributed by atoms with Crippen LogP contribution in [0, 0.1) is 5.92 Å². The molecule has 0 bridgehead atoms. The lowest BCUT2D eigenvalue weighted by molar-refractivity contribution is -0.141. The Kier molecular flexibility index (Phi) is 4.24. The maximum Gasteiger partial charge on any atom is 0.309 e. The lowest BCUT2D eigenvalue weighted by Gasteiger charge is -2.30. The van der Waals surface area contributed by atoms with Crippen LogP contribution in [0.1, 0.15) is 6.92 Å². The summed E-state index contributed by atoms with van der Waals surface area (Å²) >= 11 is 3.41. The van der Waals surface area contributed by atoms with Crippen molar-refractivity contribution in [2.45, 2.75) is 13.0 Å². The maximum absolute atomic E-state index is 11.2. The first kappa shape index (κ1) is 13.4. The van der Waals surface area contributed by atoms with Gasteiger partial charge in [-0.2, -0.15) is 0 Å². The summed E-state index contributed by atoms with van der Waals surface area (Å²) in [4.78, 5) is 13.3. The summed E-state index contributed by atoms with van der Waals surface area (Å²) in [6.07, 6.45) is 0. The maximum atomic E-state index is 11.2. The molecule has 0 amide bonds. The van der Waals surface area contributed by atoms with Gasteiger partial charge in [-0.25, -0.2) is 0 Å². The van der Waals surface area contributed by atoms with Gasteiger partial charge in [0.05, 0.1) is 5.92 Å². The number of hydrogen-bond acceptors (Lipinski definition) is 3. The van der Waals surface area contributed by atoms with Gasteiger partial charge in [0, 0.05) is 35.8 Å². The average Bonchev–Trinajstić information content (AvgIpc) is 2.52. The third kappa shape index (κ3) is 3.03. The number of rotatable bonds is 2. The van der Waals surface area contributed by atoms with Crippen LogP contribution < -0.4 is 10.2 Å². The smallest absolute Gasteiger partial charge is 0.309 e. The van der Waals surface area contributed by atoms with E-state index in [0.29, 0.717) is 13.1 Å². The number of carbonyl (C=O) groups is 1. The van der Waals surface area contributed by atoms with E-state index in [0.717, 1.165) is 16.7 Å². The monoisotopic (exact) mass is 312 g/mol. The van der Waals surface area contributed by atoms with E-state index in [2.05, 4.69) is 33.1 Å². The van der Waals surface area contributed by atoms with Crippen LogP contribution in [0.25, 0.3) is 0 Å². The van der Waals surface area contributed by atoms with Crippen LogP contribution in [0.3, 0.4) is 0 Å². The summed E-state index contributed by atoms with van der Waals surface area (Å²) in [7, 11) is 0. The van der Waals surface area contributed by atoms with Crippen LogP contribution in [0.2, 0.25) is 0 Å². The fourth-order valence-corrected chi connectivity index (χ4v) is 2.48. The summed E-state index contributed by atoms with van der Waals surface area (Å²) in [5.41, 5.74) is 1.07.